The van der Waals surface area contributed by atoms with Crippen LogP contribution in [0.1, 0.15) is 24.0 Å². The average molecular weight is 368 g/mol. The second kappa shape index (κ2) is 7.82. The number of hydrogen-bond acceptors (Lipinski definition) is 4. The van der Waals surface area contributed by atoms with Gasteiger partial charge in [0.15, 0.2) is 0 Å². The van der Waals surface area contributed by atoms with Gasteiger partial charge in [-0.05, 0) is 36.6 Å². The van der Waals surface area contributed by atoms with Crippen molar-refractivity contribution in [3.05, 3.63) is 53.9 Å². The molecule has 2 aliphatic rings. The van der Waals surface area contributed by atoms with Crippen molar-refractivity contribution in [1.29, 1.82) is 0 Å². The first kappa shape index (κ1) is 18.2. The number of carbonyl (C=O) groups is 1. The first-order chi connectivity index (χ1) is 13.2. The minimum Gasteiger partial charge on any atom is -0.383 e. The number of likely N-dealkylation sites (tertiary alicyclic amines) is 2. The Morgan fingerprint density at radius 2 is 1.89 bits per heavy atom. The van der Waals surface area contributed by atoms with Gasteiger partial charge in [-0.1, -0.05) is 24.3 Å². The molecule has 3 heterocycles. The lowest BCUT2D eigenvalue weighted by molar-refractivity contribution is -0.136. The standard InChI is InChI=1S/C21H28N4O2/c1-27-14-13-24-12-8-21(20(24)26)7-11-23(17-21)15-18-5-2-3-6-19(18)16-25-10-4-9-22-25/h2-6,9-10H,7-8,11-17H2,1H3. The molecular weight excluding hydrogens is 340 g/mol. The van der Waals surface area contributed by atoms with E-state index in [1.807, 2.05) is 28.0 Å². The maximum Gasteiger partial charge on any atom is 0.230 e. The fourth-order valence-electron chi connectivity index (χ4n) is 4.45. The summed E-state index contributed by atoms with van der Waals surface area (Å²) in [7, 11) is 1.69. The molecule has 0 radical (unpaired) electrons. The van der Waals surface area contributed by atoms with Crippen molar-refractivity contribution in [3.63, 3.8) is 0 Å². The van der Waals surface area contributed by atoms with Crippen molar-refractivity contribution in [2.24, 2.45) is 5.41 Å². The Morgan fingerprint density at radius 3 is 2.63 bits per heavy atom. The molecule has 0 bridgehead atoms. The van der Waals surface area contributed by atoms with Crippen LogP contribution in [-0.4, -0.2) is 65.4 Å². The molecule has 4 rings (SSSR count). The first-order valence-corrected chi connectivity index (χ1v) is 9.75. The zero-order valence-electron chi connectivity index (χ0n) is 16.0. The van der Waals surface area contributed by atoms with Crippen LogP contribution in [0.4, 0.5) is 0 Å². The summed E-state index contributed by atoms with van der Waals surface area (Å²) in [6.45, 7) is 5.73. The third-order valence-electron chi connectivity index (χ3n) is 6.00. The molecule has 27 heavy (non-hydrogen) atoms. The van der Waals surface area contributed by atoms with Gasteiger partial charge in [0, 0.05) is 45.7 Å². The molecule has 6 heteroatoms. The molecule has 1 amide bonds. The van der Waals surface area contributed by atoms with E-state index in [4.69, 9.17) is 4.74 Å². The molecule has 0 saturated carbocycles. The van der Waals surface area contributed by atoms with Crippen LogP contribution in [0.25, 0.3) is 0 Å². The van der Waals surface area contributed by atoms with Crippen LogP contribution < -0.4 is 0 Å². The summed E-state index contributed by atoms with van der Waals surface area (Å²) in [5.41, 5.74) is 2.44. The lowest BCUT2D eigenvalue weighted by atomic mass is 9.85. The Labute approximate surface area is 160 Å². The smallest absolute Gasteiger partial charge is 0.230 e. The van der Waals surface area contributed by atoms with Crippen LogP contribution in [-0.2, 0) is 22.6 Å². The maximum absolute atomic E-state index is 12.9. The number of methoxy groups -OCH3 is 1. The van der Waals surface area contributed by atoms with Crippen molar-refractivity contribution < 1.29 is 9.53 Å². The molecular formula is C21H28N4O2. The monoisotopic (exact) mass is 368 g/mol. The summed E-state index contributed by atoms with van der Waals surface area (Å²) in [5.74, 6) is 0.326. The van der Waals surface area contributed by atoms with Gasteiger partial charge in [-0.2, -0.15) is 5.10 Å². The highest BCUT2D eigenvalue weighted by molar-refractivity contribution is 5.85. The summed E-state index contributed by atoms with van der Waals surface area (Å²) >= 11 is 0. The molecule has 6 nitrogen and oxygen atoms in total. The van der Waals surface area contributed by atoms with E-state index < -0.39 is 0 Å². The number of hydrogen-bond donors (Lipinski definition) is 0. The quantitative estimate of drug-likeness (QED) is 0.750. The second-order valence-electron chi connectivity index (χ2n) is 7.75. The number of nitrogens with zero attached hydrogens (tertiary/aromatic N) is 4. The average Bonchev–Trinajstić information content (AvgIpc) is 3.40. The minimum absolute atomic E-state index is 0.176. The van der Waals surface area contributed by atoms with E-state index in [0.717, 1.165) is 45.6 Å². The zero-order valence-corrected chi connectivity index (χ0v) is 16.0. The third kappa shape index (κ3) is 3.77. The summed E-state index contributed by atoms with van der Waals surface area (Å²) in [5, 5.41) is 4.33. The second-order valence-corrected chi connectivity index (χ2v) is 7.75. The van der Waals surface area contributed by atoms with E-state index in [0.29, 0.717) is 19.1 Å². The van der Waals surface area contributed by atoms with Gasteiger partial charge in [-0.3, -0.25) is 14.4 Å². The predicted molar refractivity (Wildman–Crippen MR) is 103 cm³/mol. The van der Waals surface area contributed by atoms with Gasteiger partial charge in [0.2, 0.25) is 5.91 Å². The maximum atomic E-state index is 12.9. The molecule has 144 valence electrons. The third-order valence-corrected chi connectivity index (χ3v) is 6.00. The first-order valence-electron chi connectivity index (χ1n) is 9.75. The molecule has 1 unspecified atom stereocenters. The fourth-order valence-corrected chi connectivity index (χ4v) is 4.45. The van der Waals surface area contributed by atoms with Crippen LogP contribution in [0.15, 0.2) is 42.7 Å². The van der Waals surface area contributed by atoms with E-state index in [-0.39, 0.29) is 5.41 Å². The van der Waals surface area contributed by atoms with Gasteiger partial charge >= 0.3 is 0 Å². The highest BCUT2D eigenvalue weighted by atomic mass is 16.5. The fraction of sp³-hybridized carbons (Fsp3) is 0.524. The normalized spacial score (nSPS) is 23.0. The molecule has 2 saturated heterocycles. The lowest BCUT2D eigenvalue weighted by Gasteiger charge is -2.24. The van der Waals surface area contributed by atoms with Gasteiger partial charge < -0.3 is 9.64 Å². The molecule has 1 aromatic heterocycles. The van der Waals surface area contributed by atoms with Gasteiger partial charge in [0.1, 0.15) is 0 Å². The lowest BCUT2D eigenvalue weighted by Crippen LogP contribution is -2.38. The van der Waals surface area contributed by atoms with Gasteiger partial charge in [0.05, 0.1) is 18.6 Å². The van der Waals surface area contributed by atoms with E-state index in [1.165, 1.54) is 11.1 Å². The number of rotatable bonds is 7. The topological polar surface area (TPSA) is 50.6 Å². The zero-order chi connectivity index (χ0) is 18.7. The molecule has 2 fully saturated rings. The van der Waals surface area contributed by atoms with Crippen LogP contribution >= 0.6 is 0 Å². The Balaban J connectivity index is 1.41. The SMILES string of the molecule is COCCN1CCC2(CCN(Cc3ccccc3Cn3cccn3)C2)C1=O. The Morgan fingerprint density at radius 1 is 1.11 bits per heavy atom. The minimum atomic E-state index is -0.176. The van der Waals surface area contributed by atoms with Crippen molar-refractivity contribution in [1.82, 2.24) is 19.6 Å². The Hall–Kier alpha value is -2.18. The van der Waals surface area contributed by atoms with Crippen LogP contribution in [0.2, 0.25) is 0 Å². The van der Waals surface area contributed by atoms with Gasteiger partial charge in [0.25, 0.3) is 0 Å². The van der Waals surface area contributed by atoms with E-state index >= 15 is 0 Å². The summed E-state index contributed by atoms with van der Waals surface area (Å²) < 4.78 is 7.10. The number of benzene rings is 1. The summed E-state index contributed by atoms with van der Waals surface area (Å²) in [4.78, 5) is 17.4. The van der Waals surface area contributed by atoms with Gasteiger partial charge in [-0.15, -0.1) is 0 Å². The number of carbonyl (C=O) groups excluding carboxylic acids is 1. The van der Waals surface area contributed by atoms with Crippen molar-refractivity contribution in [2.45, 2.75) is 25.9 Å². The molecule has 1 spiro atoms. The molecule has 1 atom stereocenters. The number of aromatic nitrogens is 2. The van der Waals surface area contributed by atoms with E-state index in [2.05, 4.69) is 34.3 Å². The van der Waals surface area contributed by atoms with Crippen molar-refractivity contribution in [2.75, 3.05) is 39.9 Å². The van der Waals surface area contributed by atoms with Crippen molar-refractivity contribution >= 4 is 5.91 Å². The molecule has 2 aromatic rings. The van der Waals surface area contributed by atoms with Crippen LogP contribution in [0, 0.1) is 5.41 Å². The summed E-state index contributed by atoms with van der Waals surface area (Å²) in [6, 6.07) is 10.5. The van der Waals surface area contributed by atoms with Gasteiger partial charge in [-0.25, -0.2) is 0 Å². The Bertz CT molecular complexity index is 776. The molecule has 1 aromatic carbocycles. The molecule has 0 N–H and O–H groups in total. The highest BCUT2D eigenvalue weighted by Crippen LogP contribution is 2.41. The largest absolute Gasteiger partial charge is 0.383 e. The van der Waals surface area contributed by atoms with Crippen LogP contribution in [0.3, 0.4) is 0 Å². The van der Waals surface area contributed by atoms with E-state index in [9.17, 15) is 4.79 Å². The van der Waals surface area contributed by atoms with E-state index in [1.54, 1.807) is 7.11 Å². The van der Waals surface area contributed by atoms with Crippen LogP contribution in [0.5, 0.6) is 0 Å². The Kier molecular flexibility index (Phi) is 5.27. The number of ether oxygens (including phenoxy) is 1. The number of amides is 1. The molecule has 2 aliphatic heterocycles. The summed E-state index contributed by atoms with van der Waals surface area (Å²) in [6.07, 6.45) is 5.75. The highest BCUT2D eigenvalue weighted by Gasteiger charge is 2.50. The van der Waals surface area contributed by atoms with Crippen molar-refractivity contribution in [3.8, 4) is 0 Å². The molecule has 0 aliphatic carbocycles. The predicted octanol–water partition coefficient (Wildman–Crippen LogP) is 2.00.